The lowest BCUT2D eigenvalue weighted by Gasteiger charge is -2.23. The number of nitrogens with zero attached hydrogens (tertiary/aromatic N) is 2. The van der Waals surface area contributed by atoms with Crippen molar-refractivity contribution in [2.45, 2.75) is 76.7 Å². The van der Waals surface area contributed by atoms with Gasteiger partial charge in [0.15, 0.2) is 0 Å². The lowest BCUT2D eigenvalue weighted by Crippen LogP contribution is -2.55. The highest BCUT2D eigenvalue weighted by Gasteiger charge is 2.27. The topological polar surface area (TPSA) is 232 Å². The fourth-order valence-corrected chi connectivity index (χ4v) is 4.70. The second kappa shape index (κ2) is 17.3. The van der Waals surface area contributed by atoms with Gasteiger partial charge in [-0.25, -0.2) is 9.59 Å². The van der Waals surface area contributed by atoms with Gasteiger partial charge in [-0.1, -0.05) is 48.5 Å². The summed E-state index contributed by atoms with van der Waals surface area (Å²) in [5, 5.41) is 17.8. The van der Waals surface area contributed by atoms with Crippen molar-refractivity contribution in [2.24, 2.45) is 10.7 Å². The molecular weight excluding hydrogens is 624 g/mol. The number of hydrazine groups is 1. The molecule has 3 rings (SSSR count). The van der Waals surface area contributed by atoms with E-state index in [0.29, 0.717) is 0 Å². The number of aliphatic imine (C=N–C) groups is 1. The number of nitrogens with one attached hydrogen (secondary N) is 5. The van der Waals surface area contributed by atoms with E-state index in [9.17, 15) is 29.3 Å². The quantitative estimate of drug-likeness (QED) is 0.0483. The number of benzene rings is 2. The number of guanidine groups is 1. The number of H-pyrrole nitrogens is 1. The lowest BCUT2D eigenvalue weighted by molar-refractivity contribution is -0.521. The molecule has 3 amide bonds. The Morgan fingerprint density at radius 3 is 2.33 bits per heavy atom. The maximum absolute atomic E-state index is 13.0. The molecular formula is C32H42N8O8. The van der Waals surface area contributed by atoms with Crippen molar-refractivity contribution in [3.8, 4) is 0 Å². The molecule has 0 aliphatic carbocycles. The Bertz CT molecular complexity index is 1600. The van der Waals surface area contributed by atoms with E-state index in [4.69, 9.17) is 15.2 Å². The number of hydrogen-bond donors (Lipinski definition) is 6. The molecule has 3 atom stereocenters. The molecule has 0 saturated carbocycles. The number of para-hydroxylation sites is 1. The molecule has 0 fully saturated rings. The highest BCUT2D eigenvalue weighted by molar-refractivity contribution is 5.89. The maximum Gasteiger partial charge on any atom is 0.408 e. The molecule has 3 aromatic rings. The average Bonchev–Trinajstić information content (AvgIpc) is 3.44. The van der Waals surface area contributed by atoms with Gasteiger partial charge in [-0.05, 0) is 44.4 Å². The molecule has 0 aliphatic heterocycles. The number of carbonyl (C=O) groups excluding carboxylic acids is 4. The number of aromatic amines is 1. The zero-order chi connectivity index (χ0) is 35.3. The van der Waals surface area contributed by atoms with Crippen molar-refractivity contribution >= 4 is 40.7 Å². The molecule has 7 N–H and O–H groups in total. The van der Waals surface area contributed by atoms with Crippen LogP contribution in [0.2, 0.25) is 0 Å². The minimum absolute atomic E-state index is 0.0422. The summed E-state index contributed by atoms with van der Waals surface area (Å²) >= 11 is 0. The van der Waals surface area contributed by atoms with Gasteiger partial charge in [-0.2, -0.15) is 4.99 Å². The van der Waals surface area contributed by atoms with Crippen LogP contribution in [0.5, 0.6) is 0 Å². The van der Waals surface area contributed by atoms with E-state index < -0.39 is 58.6 Å². The van der Waals surface area contributed by atoms with Crippen molar-refractivity contribution in [3.63, 3.8) is 0 Å². The smallest absolute Gasteiger partial charge is 0.408 e. The van der Waals surface area contributed by atoms with Crippen LogP contribution in [0.1, 0.15) is 51.2 Å². The molecule has 3 unspecified atom stereocenters. The third-order valence-electron chi connectivity index (χ3n) is 6.92. The Balaban J connectivity index is 1.55. The molecule has 16 heteroatoms. The van der Waals surface area contributed by atoms with E-state index >= 15 is 0 Å². The predicted molar refractivity (Wildman–Crippen MR) is 177 cm³/mol. The summed E-state index contributed by atoms with van der Waals surface area (Å²) < 4.78 is 10.1. The average molecular weight is 667 g/mol. The van der Waals surface area contributed by atoms with Crippen LogP contribution >= 0.6 is 0 Å². The fraction of sp³-hybridized carbons (Fsp3) is 0.406. The normalized spacial score (nSPS) is 13.5. The summed E-state index contributed by atoms with van der Waals surface area (Å²) in [5.41, 5.74) is 12.1. The van der Waals surface area contributed by atoms with E-state index in [2.05, 4.69) is 31.5 Å². The minimum Gasteiger partial charge on any atom is -0.467 e. The summed E-state index contributed by atoms with van der Waals surface area (Å²) in [6, 6.07) is 14.4. The van der Waals surface area contributed by atoms with Gasteiger partial charge in [0.05, 0.1) is 7.11 Å². The summed E-state index contributed by atoms with van der Waals surface area (Å²) in [4.78, 5) is 68.5. The van der Waals surface area contributed by atoms with Crippen molar-refractivity contribution in [1.82, 2.24) is 26.5 Å². The second-order valence-electron chi connectivity index (χ2n) is 11.9. The van der Waals surface area contributed by atoms with Crippen LogP contribution in [0.4, 0.5) is 4.79 Å². The summed E-state index contributed by atoms with van der Waals surface area (Å²) in [6.07, 6.45) is -0.560. The number of methoxy groups -OCH3 is 1. The van der Waals surface area contributed by atoms with E-state index in [1.54, 1.807) is 51.2 Å². The van der Waals surface area contributed by atoms with Gasteiger partial charge in [0.1, 0.15) is 17.7 Å². The molecule has 258 valence electrons. The Labute approximate surface area is 277 Å². The van der Waals surface area contributed by atoms with Crippen LogP contribution in [-0.4, -0.2) is 70.7 Å². The third kappa shape index (κ3) is 11.9. The molecule has 0 saturated heterocycles. The number of amides is 3. The fourth-order valence-electron chi connectivity index (χ4n) is 4.70. The van der Waals surface area contributed by atoms with Crippen LogP contribution in [0, 0.1) is 10.1 Å². The van der Waals surface area contributed by atoms with Crippen molar-refractivity contribution in [2.75, 3.05) is 7.11 Å². The second-order valence-corrected chi connectivity index (χ2v) is 11.9. The zero-order valence-corrected chi connectivity index (χ0v) is 27.3. The highest BCUT2D eigenvalue weighted by atomic mass is 16.6. The van der Waals surface area contributed by atoms with E-state index in [1.165, 1.54) is 7.11 Å². The summed E-state index contributed by atoms with van der Waals surface area (Å²) in [7, 11) is 1.22. The maximum atomic E-state index is 13.0. The van der Waals surface area contributed by atoms with Crippen LogP contribution < -0.4 is 27.2 Å². The highest BCUT2D eigenvalue weighted by Crippen LogP contribution is 2.19. The monoisotopic (exact) mass is 666 g/mol. The number of ether oxygens (including phenoxy) is 2. The first-order chi connectivity index (χ1) is 22.8. The van der Waals surface area contributed by atoms with Gasteiger partial charge >= 0.3 is 18.2 Å². The van der Waals surface area contributed by atoms with E-state index in [-0.39, 0.29) is 32.1 Å². The predicted octanol–water partition coefficient (Wildman–Crippen LogP) is 2.21. The number of hydrogen-bond acceptors (Lipinski definition) is 9. The summed E-state index contributed by atoms with van der Waals surface area (Å²) in [5.74, 6) is -2.30. The van der Waals surface area contributed by atoms with Crippen molar-refractivity contribution in [1.29, 1.82) is 0 Å². The first kappa shape index (κ1) is 36.8. The number of aromatic nitrogens is 1. The van der Waals surface area contributed by atoms with Gasteiger partial charge in [0, 0.05) is 47.7 Å². The summed E-state index contributed by atoms with van der Waals surface area (Å²) in [6.45, 7) is 5.05. The van der Waals surface area contributed by atoms with E-state index in [0.717, 1.165) is 22.0 Å². The third-order valence-corrected chi connectivity index (χ3v) is 6.92. The molecule has 0 bridgehead atoms. The van der Waals surface area contributed by atoms with Gasteiger partial charge in [0.25, 0.3) is 5.91 Å². The first-order valence-corrected chi connectivity index (χ1v) is 15.2. The number of esters is 1. The number of nitrogens with two attached hydrogens (primary N) is 1. The van der Waals surface area contributed by atoms with Crippen LogP contribution in [0.3, 0.4) is 0 Å². The van der Waals surface area contributed by atoms with Gasteiger partial charge in [0.2, 0.25) is 11.9 Å². The standard InChI is InChI=1S/C32H42N8O8/c1-32(2,3)48-31(44)36-24(17-20-11-6-5-7-12-20)28(42)38-39-30(33)37-26(40(45)46)15-10-16-27(41)35-25(29(43)47-4)18-21-19-34-23-14-9-8-13-22(21)23/h5-9,11-14,19,24-26,34H,10,15-18H2,1-4H3,(H,35,41)(H,36,44)(H,38,42)(H3,33,37,39). The van der Waals surface area contributed by atoms with Gasteiger partial charge < -0.3 is 30.8 Å². The SMILES string of the molecule is COC(=O)C(Cc1c[nH]c2ccccc12)NC(=O)CCCC(N=C(N)NNC(=O)C(Cc1ccccc1)NC(=O)OC(C)(C)C)[N+](=O)[O-]. The van der Waals surface area contributed by atoms with Gasteiger partial charge in [-0.15, -0.1) is 0 Å². The number of carbonyl (C=O) groups is 4. The first-order valence-electron chi connectivity index (χ1n) is 15.2. The number of fused-ring (bicyclic) bond motifs is 1. The Kier molecular flexibility index (Phi) is 13.3. The van der Waals surface area contributed by atoms with Gasteiger partial charge in [-0.3, -0.25) is 30.6 Å². The molecule has 48 heavy (non-hydrogen) atoms. The molecule has 1 aromatic heterocycles. The van der Waals surface area contributed by atoms with Crippen LogP contribution in [0.25, 0.3) is 10.9 Å². The number of rotatable bonds is 14. The number of alkyl carbamates (subject to hydrolysis) is 1. The molecule has 0 spiro atoms. The Morgan fingerprint density at radius 2 is 1.67 bits per heavy atom. The molecule has 1 heterocycles. The zero-order valence-electron chi connectivity index (χ0n) is 27.3. The van der Waals surface area contributed by atoms with E-state index in [1.807, 2.05) is 30.3 Å². The molecule has 0 aliphatic rings. The van der Waals surface area contributed by atoms with Crippen LogP contribution in [0.15, 0.2) is 65.8 Å². The Hall–Kier alpha value is -5.67. The number of nitro groups is 1. The molecule has 2 aromatic carbocycles. The van der Waals surface area contributed by atoms with Crippen molar-refractivity contribution < 1.29 is 33.6 Å². The molecule has 16 nitrogen and oxygen atoms in total. The van der Waals surface area contributed by atoms with Crippen molar-refractivity contribution in [3.05, 3.63) is 82.0 Å². The van der Waals surface area contributed by atoms with Crippen LogP contribution in [-0.2, 0) is 36.7 Å². The lowest BCUT2D eigenvalue weighted by atomic mass is 10.0. The molecule has 0 radical (unpaired) electrons. The Morgan fingerprint density at radius 1 is 0.979 bits per heavy atom. The largest absolute Gasteiger partial charge is 0.467 e. The minimum atomic E-state index is -1.54.